The molecule has 1 rings (SSSR count). The van der Waals surface area contributed by atoms with Crippen molar-refractivity contribution in [2.75, 3.05) is 0 Å². The number of hydrogen-bond donors (Lipinski definition) is 0. The third kappa shape index (κ3) is 4.58. The van der Waals surface area contributed by atoms with E-state index in [9.17, 15) is 14.4 Å². The van der Waals surface area contributed by atoms with Gasteiger partial charge in [-0.3, -0.25) is 9.59 Å². The molecule has 2 amide bonds. The molecular formula is C13H17NO4. The molecule has 0 spiro atoms. The maximum absolute atomic E-state index is 11.4. The van der Waals surface area contributed by atoms with Crippen LogP contribution in [0.5, 0.6) is 0 Å². The molecule has 1 fully saturated rings. The highest BCUT2D eigenvalue weighted by Crippen LogP contribution is 2.13. The molecule has 0 saturated carbocycles. The van der Waals surface area contributed by atoms with Gasteiger partial charge in [0.05, 0.1) is 0 Å². The van der Waals surface area contributed by atoms with Crippen molar-refractivity contribution >= 4 is 17.8 Å². The maximum Gasteiger partial charge on any atom is 0.333 e. The molecule has 0 radical (unpaired) electrons. The zero-order chi connectivity index (χ0) is 13.4. The van der Waals surface area contributed by atoms with Crippen LogP contribution in [0.4, 0.5) is 0 Å². The lowest BCUT2D eigenvalue weighted by atomic mass is 10.2. The SMILES string of the molecule is CCC#CCCCCC(=O)ON1C(=O)CCC1=O. The Balaban J connectivity index is 2.18. The van der Waals surface area contributed by atoms with E-state index in [0.29, 0.717) is 11.5 Å². The van der Waals surface area contributed by atoms with Crippen molar-refractivity contribution in [3.63, 3.8) is 0 Å². The second-order valence-corrected chi connectivity index (χ2v) is 3.96. The van der Waals surface area contributed by atoms with Gasteiger partial charge >= 0.3 is 5.97 Å². The summed E-state index contributed by atoms with van der Waals surface area (Å²) in [6.07, 6.45) is 3.49. The number of hydrogen-bond acceptors (Lipinski definition) is 4. The Bertz CT molecular complexity index is 376. The lowest BCUT2D eigenvalue weighted by Gasteiger charge is -2.12. The summed E-state index contributed by atoms with van der Waals surface area (Å²) in [6.45, 7) is 1.98. The molecule has 5 nitrogen and oxygen atoms in total. The summed E-state index contributed by atoms with van der Waals surface area (Å²) in [7, 11) is 0. The molecule has 18 heavy (non-hydrogen) atoms. The third-order valence-corrected chi connectivity index (χ3v) is 2.43. The van der Waals surface area contributed by atoms with Crippen molar-refractivity contribution < 1.29 is 19.2 Å². The molecule has 0 unspecified atom stereocenters. The van der Waals surface area contributed by atoms with Crippen molar-refractivity contribution in [3.05, 3.63) is 0 Å². The molecular weight excluding hydrogens is 234 g/mol. The van der Waals surface area contributed by atoms with Gasteiger partial charge in [0.25, 0.3) is 11.8 Å². The number of carbonyl (C=O) groups excluding carboxylic acids is 3. The van der Waals surface area contributed by atoms with Crippen molar-refractivity contribution in [2.45, 2.75) is 51.9 Å². The molecule has 98 valence electrons. The van der Waals surface area contributed by atoms with Gasteiger partial charge in [0, 0.05) is 32.1 Å². The van der Waals surface area contributed by atoms with E-state index in [4.69, 9.17) is 4.84 Å². The van der Waals surface area contributed by atoms with Gasteiger partial charge in [-0.2, -0.15) is 0 Å². The first-order valence-electron chi connectivity index (χ1n) is 6.17. The molecule has 0 aromatic rings. The molecule has 0 atom stereocenters. The van der Waals surface area contributed by atoms with Crippen LogP contribution in [0.3, 0.4) is 0 Å². The average molecular weight is 251 g/mol. The standard InChI is InChI=1S/C13H17NO4/c1-2-3-4-5-6-7-8-13(17)18-14-11(15)9-10-12(14)16/h2,5-10H2,1H3. The highest BCUT2D eigenvalue weighted by Gasteiger charge is 2.32. The third-order valence-electron chi connectivity index (χ3n) is 2.43. The number of rotatable bonds is 5. The Kier molecular flexibility index (Phi) is 5.92. The highest BCUT2D eigenvalue weighted by molar-refractivity contribution is 6.01. The zero-order valence-electron chi connectivity index (χ0n) is 10.5. The molecule has 0 bridgehead atoms. The van der Waals surface area contributed by atoms with Crippen LogP contribution >= 0.6 is 0 Å². The van der Waals surface area contributed by atoms with Gasteiger partial charge in [0.15, 0.2) is 0 Å². The fourth-order valence-corrected chi connectivity index (χ4v) is 1.50. The minimum absolute atomic E-state index is 0.124. The second kappa shape index (κ2) is 7.49. The predicted octanol–water partition coefficient (Wildman–Crippen LogP) is 1.57. The Morgan fingerprint density at radius 2 is 1.89 bits per heavy atom. The van der Waals surface area contributed by atoms with Gasteiger partial charge in [-0.05, 0) is 12.8 Å². The van der Waals surface area contributed by atoms with Gasteiger partial charge in [-0.25, -0.2) is 4.79 Å². The van der Waals surface area contributed by atoms with Crippen LogP contribution < -0.4 is 0 Å². The molecule has 1 aliphatic heterocycles. The van der Waals surface area contributed by atoms with E-state index in [1.165, 1.54) is 0 Å². The number of nitrogens with zero attached hydrogens (tertiary/aromatic N) is 1. The molecule has 0 aromatic carbocycles. The van der Waals surface area contributed by atoms with Crippen molar-refractivity contribution in [2.24, 2.45) is 0 Å². The van der Waals surface area contributed by atoms with Crippen molar-refractivity contribution in [1.82, 2.24) is 5.06 Å². The summed E-state index contributed by atoms with van der Waals surface area (Å²) in [5.74, 6) is 4.49. The van der Waals surface area contributed by atoms with E-state index in [0.717, 1.165) is 19.3 Å². The Morgan fingerprint density at radius 1 is 1.22 bits per heavy atom. The number of imide groups is 1. The average Bonchev–Trinajstić information content (AvgIpc) is 2.65. The summed E-state index contributed by atoms with van der Waals surface area (Å²) in [5, 5.41) is 0.583. The number of carbonyl (C=O) groups is 3. The summed E-state index contributed by atoms with van der Waals surface area (Å²) >= 11 is 0. The van der Waals surface area contributed by atoms with Crippen molar-refractivity contribution in [3.8, 4) is 11.8 Å². The van der Waals surface area contributed by atoms with Crippen LogP contribution in [0, 0.1) is 11.8 Å². The van der Waals surface area contributed by atoms with E-state index in [-0.39, 0.29) is 19.3 Å². The molecule has 1 heterocycles. The van der Waals surface area contributed by atoms with E-state index >= 15 is 0 Å². The fraction of sp³-hybridized carbons (Fsp3) is 0.615. The quantitative estimate of drug-likeness (QED) is 0.422. The lowest BCUT2D eigenvalue weighted by molar-refractivity contribution is -0.197. The normalized spacial score (nSPS) is 14.4. The first-order chi connectivity index (χ1) is 8.65. The van der Waals surface area contributed by atoms with Crippen molar-refractivity contribution in [1.29, 1.82) is 0 Å². The summed E-state index contributed by atoms with van der Waals surface area (Å²) in [4.78, 5) is 38.5. The molecule has 0 aromatic heterocycles. The number of hydroxylamine groups is 2. The van der Waals surface area contributed by atoms with E-state index in [2.05, 4.69) is 11.8 Å². The van der Waals surface area contributed by atoms with E-state index in [1.807, 2.05) is 6.92 Å². The van der Waals surface area contributed by atoms with Crippen LogP contribution in [-0.4, -0.2) is 22.8 Å². The Labute approximate surface area is 106 Å². The molecule has 0 N–H and O–H groups in total. The van der Waals surface area contributed by atoms with Crippen LogP contribution in [0.2, 0.25) is 0 Å². The van der Waals surface area contributed by atoms with Crippen LogP contribution in [0.25, 0.3) is 0 Å². The highest BCUT2D eigenvalue weighted by atomic mass is 16.7. The largest absolute Gasteiger partial charge is 0.333 e. The first kappa shape index (κ1) is 14.2. The topological polar surface area (TPSA) is 63.7 Å². The predicted molar refractivity (Wildman–Crippen MR) is 63.7 cm³/mol. The molecule has 5 heteroatoms. The lowest BCUT2D eigenvalue weighted by Crippen LogP contribution is -2.31. The van der Waals surface area contributed by atoms with Crippen LogP contribution in [0.1, 0.15) is 51.9 Å². The molecule has 1 aliphatic rings. The number of amides is 2. The van der Waals surface area contributed by atoms with E-state index < -0.39 is 17.8 Å². The Morgan fingerprint density at radius 3 is 2.50 bits per heavy atom. The van der Waals surface area contributed by atoms with Gasteiger partial charge in [-0.15, -0.1) is 16.9 Å². The monoisotopic (exact) mass is 251 g/mol. The zero-order valence-corrected chi connectivity index (χ0v) is 10.5. The maximum atomic E-state index is 11.4. The summed E-state index contributed by atoms with van der Waals surface area (Å²) < 4.78 is 0. The van der Waals surface area contributed by atoms with E-state index in [1.54, 1.807) is 0 Å². The fourth-order valence-electron chi connectivity index (χ4n) is 1.50. The van der Waals surface area contributed by atoms with Gasteiger partial charge in [-0.1, -0.05) is 6.92 Å². The van der Waals surface area contributed by atoms with Gasteiger partial charge < -0.3 is 4.84 Å². The Hall–Kier alpha value is -1.83. The molecule has 0 aliphatic carbocycles. The minimum atomic E-state index is -0.540. The molecule has 1 saturated heterocycles. The van der Waals surface area contributed by atoms with Gasteiger partial charge in [0.2, 0.25) is 0 Å². The van der Waals surface area contributed by atoms with Crippen LogP contribution in [0.15, 0.2) is 0 Å². The first-order valence-corrected chi connectivity index (χ1v) is 6.17. The van der Waals surface area contributed by atoms with Crippen LogP contribution in [-0.2, 0) is 19.2 Å². The second-order valence-electron chi connectivity index (χ2n) is 3.96. The number of unbranched alkanes of at least 4 members (excludes halogenated alkanes) is 2. The van der Waals surface area contributed by atoms with Gasteiger partial charge in [0.1, 0.15) is 0 Å². The summed E-state index contributed by atoms with van der Waals surface area (Å²) in [6, 6.07) is 0. The summed E-state index contributed by atoms with van der Waals surface area (Å²) in [5.41, 5.74) is 0. The smallest absolute Gasteiger partial charge is 0.330 e. The minimum Gasteiger partial charge on any atom is -0.330 e.